The molecule has 0 amide bonds. The summed E-state index contributed by atoms with van der Waals surface area (Å²) in [6, 6.07) is 17.7. The highest BCUT2D eigenvalue weighted by molar-refractivity contribution is 5.38. The summed E-state index contributed by atoms with van der Waals surface area (Å²) >= 11 is 0. The van der Waals surface area contributed by atoms with Crippen molar-refractivity contribution in [2.45, 2.75) is 25.4 Å². The zero-order valence-corrected chi connectivity index (χ0v) is 11.3. The highest BCUT2D eigenvalue weighted by Gasteiger charge is 2.29. The predicted molar refractivity (Wildman–Crippen MR) is 78.9 cm³/mol. The zero-order chi connectivity index (χ0) is 13.7. The van der Waals surface area contributed by atoms with Crippen molar-refractivity contribution < 1.29 is 5.11 Å². The number of benzene rings is 2. The Morgan fingerprint density at radius 2 is 1.68 bits per heavy atom. The summed E-state index contributed by atoms with van der Waals surface area (Å²) in [6.45, 7) is 2.32. The van der Waals surface area contributed by atoms with E-state index in [1.807, 2.05) is 42.5 Å². The number of aliphatic hydroxyl groups is 1. The maximum Gasteiger partial charge on any atom is 0.127 e. The van der Waals surface area contributed by atoms with Crippen LogP contribution in [0.2, 0.25) is 0 Å². The lowest BCUT2D eigenvalue weighted by Crippen LogP contribution is -2.36. The average Bonchev–Trinajstić information content (AvgIpc) is 2.48. The number of hydrogen-bond donors (Lipinski definition) is 2. The van der Waals surface area contributed by atoms with Gasteiger partial charge in [0.1, 0.15) is 5.60 Å². The van der Waals surface area contributed by atoms with Gasteiger partial charge in [0.2, 0.25) is 0 Å². The molecule has 3 N–H and O–H groups in total. The molecule has 2 heteroatoms. The van der Waals surface area contributed by atoms with E-state index in [-0.39, 0.29) is 6.54 Å². The summed E-state index contributed by atoms with van der Waals surface area (Å²) in [7, 11) is 0. The minimum atomic E-state index is -1.11. The van der Waals surface area contributed by atoms with Gasteiger partial charge in [-0.25, -0.2) is 0 Å². The molecular formula is C17H21NO. The molecule has 0 saturated heterocycles. The van der Waals surface area contributed by atoms with E-state index < -0.39 is 5.60 Å². The lowest BCUT2D eigenvalue weighted by Gasteiger charge is -2.28. The van der Waals surface area contributed by atoms with E-state index in [4.69, 9.17) is 5.73 Å². The first-order valence-corrected chi connectivity index (χ1v) is 6.78. The van der Waals surface area contributed by atoms with Gasteiger partial charge in [-0.05, 0) is 23.1 Å². The van der Waals surface area contributed by atoms with E-state index in [9.17, 15) is 5.11 Å². The first kappa shape index (κ1) is 13.8. The topological polar surface area (TPSA) is 46.2 Å². The third-order valence-electron chi connectivity index (χ3n) is 3.49. The van der Waals surface area contributed by atoms with Crippen molar-refractivity contribution in [1.29, 1.82) is 0 Å². The molecule has 0 aliphatic heterocycles. The Balaban J connectivity index is 2.44. The molecule has 0 radical (unpaired) electrons. The molecule has 0 aromatic heterocycles. The largest absolute Gasteiger partial charge is 0.379 e. The summed E-state index contributed by atoms with van der Waals surface area (Å²) in [4.78, 5) is 0. The quantitative estimate of drug-likeness (QED) is 0.863. The van der Waals surface area contributed by atoms with Crippen molar-refractivity contribution in [2.75, 3.05) is 6.54 Å². The maximum absolute atomic E-state index is 10.9. The molecule has 2 rings (SSSR count). The standard InChI is InChI=1S/C17H21NO/c1-2-7-14-8-6-11-16(12-14)17(19,13-18)15-9-4-3-5-10-15/h3-6,8-12,19H,2,7,13,18H2,1H3. The van der Waals surface area contributed by atoms with Crippen molar-refractivity contribution >= 4 is 0 Å². The van der Waals surface area contributed by atoms with Crippen LogP contribution in [0.25, 0.3) is 0 Å². The van der Waals surface area contributed by atoms with E-state index in [1.54, 1.807) is 0 Å². The van der Waals surface area contributed by atoms with Crippen LogP contribution < -0.4 is 5.73 Å². The summed E-state index contributed by atoms with van der Waals surface area (Å²) in [5.41, 5.74) is 7.68. The van der Waals surface area contributed by atoms with Gasteiger partial charge in [-0.15, -0.1) is 0 Å². The number of aryl methyl sites for hydroxylation is 1. The van der Waals surface area contributed by atoms with E-state index in [2.05, 4.69) is 19.1 Å². The van der Waals surface area contributed by atoms with E-state index in [1.165, 1.54) is 5.56 Å². The molecule has 100 valence electrons. The number of nitrogens with two attached hydrogens (primary N) is 1. The van der Waals surface area contributed by atoms with Gasteiger partial charge in [0, 0.05) is 6.54 Å². The lowest BCUT2D eigenvalue weighted by atomic mass is 9.85. The van der Waals surface area contributed by atoms with E-state index in [0.29, 0.717) is 0 Å². The average molecular weight is 255 g/mol. The summed E-state index contributed by atoms with van der Waals surface area (Å²) in [5, 5.41) is 10.9. The van der Waals surface area contributed by atoms with Gasteiger partial charge in [-0.2, -0.15) is 0 Å². The number of hydrogen-bond acceptors (Lipinski definition) is 2. The molecule has 2 nitrogen and oxygen atoms in total. The second-order valence-corrected chi connectivity index (χ2v) is 4.88. The smallest absolute Gasteiger partial charge is 0.127 e. The Kier molecular flexibility index (Phi) is 4.35. The van der Waals surface area contributed by atoms with Crippen LogP contribution in [0.5, 0.6) is 0 Å². The molecule has 0 fully saturated rings. The molecule has 2 aromatic rings. The van der Waals surface area contributed by atoms with Gasteiger partial charge in [0.15, 0.2) is 0 Å². The number of rotatable bonds is 5. The molecule has 0 heterocycles. The third-order valence-corrected chi connectivity index (χ3v) is 3.49. The van der Waals surface area contributed by atoms with Gasteiger partial charge >= 0.3 is 0 Å². The van der Waals surface area contributed by atoms with Crippen LogP contribution in [-0.4, -0.2) is 11.7 Å². The fourth-order valence-corrected chi connectivity index (χ4v) is 2.39. The fourth-order valence-electron chi connectivity index (χ4n) is 2.39. The second-order valence-electron chi connectivity index (χ2n) is 4.88. The van der Waals surface area contributed by atoms with E-state index >= 15 is 0 Å². The second kappa shape index (κ2) is 6.00. The molecule has 0 aliphatic carbocycles. The van der Waals surface area contributed by atoms with Crippen LogP contribution in [0, 0.1) is 0 Å². The highest BCUT2D eigenvalue weighted by Crippen LogP contribution is 2.29. The first-order valence-electron chi connectivity index (χ1n) is 6.78. The molecular weight excluding hydrogens is 234 g/mol. The molecule has 0 bridgehead atoms. The van der Waals surface area contributed by atoms with Gasteiger partial charge in [-0.1, -0.05) is 67.9 Å². The third kappa shape index (κ3) is 2.86. The van der Waals surface area contributed by atoms with Crippen LogP contribution in [0.3, 0.4) is 0 Å². The molecule has 0 aliphatic rings. The van der Waals surface area contributed by atoms with Crippen LogP contribution in [0.4, 0.5) is 0 Å². The minimum Gasteiger partial charge on any atom is -0.379 e. The van der Waals surface area contributed by atoms with Crippen LogP contribution in [0.1, 0.15) is 30.0 Å². The monoisotopic (exact) mass is 255 g/mol. The lowest BCUT2D eigenvalue weighted by molar-refractivity contribution is 0.0901. The van der Waals surface area contributed by atoms with Crippen LogP contribution in [-0.2, 0) is 12.0 Å². The van der Waals surface area contributed by atoms with Gasteiger partial charge in [0.25, 0.3) is 0 Å². The molecule has 0 spiro atoms. The van der Waals surface area contributed by atoms with Crippen molar-refractivity contribution in [3.05, 3.63) is 71.3 Å². The van der Waals surface area contributed by atoms with E-state index in [0.717, 1.165) is 24.0 Å². The van der Waals surface area contributed by atoms with Gasteiger partial charge in [-0.3, -0.25) is 0 Å². The molecule has 1 unspecified atom stereocenters. The zero-order valence-electron chi connectivity index (χ0n) is 11.3. The predicted octanol–water partition coefficient (Wildman–Crippen LogP) is 2.83. The Morgan fingerprint density at radius 1 is 1.00 bits per heavy atom. The van der Waals surface area contributed by atoms with Gasteiger partial charge in [0.05, 0.1) is 0 Å². The summed E-state index contributed by atoms with van der Waals surface area (Å²) in [6.07, 6.45) is 2.11. The minimum absolute atomic E-state index is 0.173. The Hall–Kier alpha value is -1.64. The Bertz CT molecular complexity index is 524. The van der Waals surface area contributed by atoms with Crippen molar-refractivity contribution in [3.8, 4) is 0 Å². The van der Waals surface area contributed by atoms with Gasteiger partial charge < -0.3 is 10.8 Å². The first-order chi connectivity index (χ1) is 9.20. The fraction of sp³-hybridized carbons (Fsp3) is 0.294. The SMILES string of the molecule is CCCc1cccc(C(O)(CN)c2ccccc2)c1. The molecule has 19 heavy (non-hydrogen) atoms. The maximum atomic E-state index is 10.9. The molecule has 0 saturated carbocycles. The Morgan fingerprint density at radius 3 is 2.32 bits per heavy atom. The molecule has 1 atom stereocenters. The van der Waals surface area contributed by atoms with Crippen molar-refractivity contribution in [2.24, 2.45) is 5.73 Å². The Labute approximate surface area is 114 Å². The normalized spacial score (nSPS) is 14.1. The highest BCUT2D eigenvalue weighted by atomic mass is 16.3. The van der Waals surface area contributed by atoms with Crippen molar-refractivity contribution in [1.82, 2.24) is 0 Å². The van der Waals surface area contributed by atoms with Crippen LogP contribution >= 0.6 is 0 Å². The summed E-state index contributed by atoms with van der Waals surface area (Å²) < 4.78 is 0. The molecule has 2 aromatic carbocycles. The van der Waals surface area contributed by atoms with Crippen molar-refractivity contribution in [3.63, 3.8) is 0 Å². The van der Waals surface area contributed by atoms with Crippen LogP contribution in [0.15, 0.2) is 54.6 Å². The summed E-state index contributed by atoms with van der Waals surface area (Å²) in [5.74, 6) is 0.